The Kier molecular flexibility index (Phi) is 5.24. The lowest BCUT2D eigenvalue weighted by atomic mass is 9.76. The molecule has 126 valence electrons. The number of ether oxygens (including phenoxy) is 1. The van der Waals surface area contributed by atoms with Gasteiger partial charge in [-0.1, -0.05) is 12.8 Å². The Morgan fingerprint density at radius 2 is 1.82 bits per heavy atom. The SMILES string of the molecule is NC(=NCC1CCC2(CCOCC2)C1O)N1CCCCCC1. The number of nitrogens with two attached hydrogens (primary N) is 1. The van der Waals surface area contributed by atoms with Crippen molar-refractivity contribution in [1.29, 1.82) is 0 Å². The molecule has 5 heteroatoms. The molecule has 2 saturated heterocycles. The van der Waals surface area contributed by atoms with Crippen LogP contribution in [0.15, 0.2) is 4.99 Å². The lowest BCUT2D eigenvalue weighted by molar-refractivity contribution is -0.0549. The molecule has 3 N–H and O–H groups in total. The lowest BCUT2D eigenvalue weighted by Gasteiger charge is -2.37. The van der Waals surface area contributed by atoms with Crippen molar-refractivity contribution in [3.05, 3.63) is 0 Å². The van der Waals surface area contributed by atoms with Gasteiger partial charge in [0.1, 0.15) is 0 Å². The third-order valence-corrected chi connectivity index (χ3v) is 5.99. The van der Waals surface area contributed by atoms with E-state index in [1.54, 1.807) is 0 Å². The molecule has 0 aromatic rings. The average Bonchev–Trinajstić information content (AvgIpc) is 2.76. The Hall–Kier alpha value is -0.810. The second-order valence-corrected chi connectivity index (χ2v) is 7.32. The van der Waals surface area contributed by atoms with E-state index in [4.69, 9.17) is 10.5 Å². The molecule has 0 amide bonds. The molecule has 3 rings (SSSR count). The molecular formula is C17H31N3O2. The van der Waals surface area contributed by atoms with Gasteiger partial charge in [-0.15, -0.1) is 0 Å². The van der Waals surface area contributed by atoms with Gasteiger partial charge in [-0.25, -0.2) is 0 Å². The number of likely N-dealkylation sites (tertiary alicyclic amines) is 1. The van der Waals surface area contributed by atoms with Crippen molar-refractivity contribution in [1.82, 2.24) is 4.90 Å². The molecule has 2 unspecified atom stereocenters. The van der Waals surface area contributed by atoms with Crippen LogP contribution in [-0.4, -0.2) is 54.9 Å². The minimum absolute atomic E-state index is 0.0931. The van der Waals surface area contributed by atoms with E-state index in [-0.39, 0.29) is 17.4 Å². The molecule has 3 aliphatic rings. The van der Waals surface area contributed by atoms with Gasteiger partial charge in [-0.05, 0) is 38.5 Å². The number of hydrogen-bond donors (Lipinski definition) is 2. The van der Waals surface area contributed by atoms with E-state index in [1.165, 1.54) is 25.7 Å². The fourth-order valence-electron chi connectivity index (χ4n) is 4.40. The fourth-order valence-corrected chi connectivity index (χ4v) is 4.40. The molecular weight excluding hydrogens is 278 g/mol. The zero-order chi connectivity index (χ0) is 15.4. The summed E-state index contributed by atoms with van der Waals surface area (Å²) in [6.45, 7) is 4.33. The van der Waals surface area contributed by atoms with Crippen molar-refractivity contribution in [3.8, 4) is 0 Å². The van der Waals surface area contributed by atoms with Gasteiger partial charge >= 0.3 is 0 Å². The number of aliphatic hydroxyl groups is 1. The zero-order valence-corrected chi connectivity index (χ0v) is 13.7. The summed E-state index contributed by atoms with van der Waals surface area (Å²) < 4.78 is 5.46. The number of aliphatic hydroxyl groups excluding tert-OH is 1. The predicted octanol–water partition coefficient (Wildman–Crippen LogP) is 1.74. The van der Waals surface area contributed by atoms with Gasteiger partial charge in [0.15, 0.2) is 5.96 Å². The molecule has 2 heterocycles. The van der Waals surface area contributed by atoms with Crippen LogP contribution in [-0.2, 0) is 4.74 Å². The predicted molar refractivity (Wildman–Crippen MR) is 87.7 cm³/mol. The maximum Gasteiger partial charge on any atom is 0.191 e. The second-order valence-electron chi connectivity index (χ2n) is 7.32. The molecule has 22 heavy (non-hydrogen) atoms. The van der Waals surface area contributed by atoms with Gasteiger partial charge in [-0.3, -0.25) is 4.99 Å². The maximum absolute atomic E-state index is 10.8. The van der Waals surface area contributed by atoms with Crippen molar-refractivity contribution in [3.63, 3.8) is 0 Å². The molecule has 2 atom stereocenters. The van der Waals surface area contributed by atoms with Gasteiger partial charge < -0.3 is 20.5 Å². The van der Waals surface area contributed by atoms with E-state index in [0.29, 0.717) is 12.5 Å². The smallest absolute Gasteiger partial charge is 0.191 e. The van der Waals surface area contributed by atoms with Crippen molar-refractivity contribution >= 4 is 5.96 Å². The van der Waals surface area contributed by atoms with Crippen LogP contribution < -0.4 is 5.73 Å². The quantitative estimate of drug-likeness (QED) is 0.602. The van der Waals surface area contributed by atoms with Crippen molar-refractivity contribution in [2.24, 2.45) is 22.1 Å². The highest BCUT2D eigenvalue weighted by Gasteiger charge is 2.47. The van der Waals surface area contributed by atoms with E-state index in [0.717, 1.165) is 52.0 Å². The van der Waals surface area contributed by atoms with E-state index >= 15 is 0 Å². The first-order valence-corrected chi connectivity index (χ1v) is 9.02. The van der Waals surface area contributed by atoms with Crippen LogP contribution in [0.4, 0.5) is 0 Å². The summed E-state index contributed by atoms with van der Waals surface area (Å²) in [5, 5.41) is 10.8. The molecule has 0 bridgehead atoms. The minimum Gasteiger partial charge on any atom is -0.392 e. The van der Waals surface area contributed by atoms with Crippen LogP contribution in [0.1, 0.15) is 51.4 Å². The van der Waals surface area contributed by atoms with Crippen LogP contribution in [0, 0.1) is 11.3 Å². The highest BCUT2D eigenvalue weighted by atomic mass is 16.5. The topological polar surface area (TPSA) is 71.1 Å². The van der Waals surface area contributed by atoms with E-state index in [2.05, 4.69) is 9.89 Å². The van der Waals surface area contributed by atoms with Crippen molar-refractivity contribution in [2.75, 3.05) is 32.8 Å². The number of nitrogens with zero attached hydrogens (tertiary/aromatic N) is 2. The van der Waals surface area contributed by atoms with Crippen molar-refractivity contribution in [2.45, 2.75) is 57.5 Å². The number of rotatable bonds is 2. The first-order valence-electron chi connectivity index (χ1n) is 9.02. The van der Waals surface area contributed by atoms with Gasteiger partial charge in [-0.2, -0.15) is 0 Å². The molecule has 3 fully saturated rings. The molecule has 0 aromatic carbocycles. The highest BCUT2D eigenvalue weighted by molar-refractivity contribution is 5.78. The minimum atomic E-state index is -0.239. The third kappa shape index (κ3) is 3.40. The normalized spacial score (nSPS) is 33.1. The molecule has 5 nitrogen and oxygen atoms in total. The van der Waals surface area contributed by atoms with E-state index < -0.39 is 0 Å². The summed E-state index contributed by atoms with van der Waals surface area (Å²) in [7, 11) is 0. The van der Waals surface area contributed by atoms with E-state index in [1.807, 2.05) is 0 Å². The first kappa shape index (κ1) is 16.1. The zero-order valence-electron chi connectivity index (χ0n) is 13.7. The van der Waals surface area contributed by atoms with Gasteiger partial charge in [0.2, 0.25) is 0 Å². The summed E-state index contributed by atoms with van der Waals surface area (Å²) >= 11 is 0. The van der Waals surface area contributed by atoms with Gasteiger partial charge in [0, 0.05) is 44.2 Å². The summed E-state index contributed by atoms with van der Waals surface area (Å²) in [5.41, 5.74) is 6.28. The summed E-state index contributed by atoms with van der Waals surface area (Å²) in [4.78, 5) is 6.85. The third-order valence-electron chi connectivity index (χ3n) is 5.99. The van der Waals surface area contributed by atoms with Gasteiger partial charge in [0.05, 0.1) is 6.10 Å². The first-order chi connectivity index (χ1) is 10.7. The van der Waals surface area contributed by atoms with Crippen molar-refractivity contribution < 1.29 is 9.84 Å². The Balaban J connectivity index is 1.55. The average molecular weight is 309 g/mol. The van der Waals surface area contributed by atoms with Crippen LogP contribution in [0.25, 0.3) is 0 Å². The number of hydrogen-bond acceptors (Lipinski definition) is 3. The fraction of sp³-hybridized carbons (Fsp3) is 0.941. The molecule has 1 saturated carbocycles. The number of guanidine groups is 1. The lowest BCUT2D eigenvalue weighted by Crippen LogP contribution is -2.40. The largest absolute Gasteiger partial charge is 0.392 e. The van der Waals surface area contributed by atoms with Crippen LogP contribution >= 0.6 is 0 Å². The Bertz CT molecular complexity index is 385. The van der Waals surface area contributed by atoms with Gasteiger partial charge in [0.25, 0.3) is 0 Å². The summed E-state index contributed by atoms with van der Waals surface area (Å²) in [5.74, 6) is 0.950. The van der Waals surface area contributed by atoms with Crippen LogP contribution in [0.5, 0.6) is 0 Å². The second kappa shape index (κ2) is 7.18. The van der Waals surface area contributed by atoms with Crippen LogP contribution in [0.2, 0.25) is 0 Å². The Morgan fingerprint density at radius 1 is 1.14 bits per heavy atom. The highest BCUT2D eigenvalue weighted by Crippen LogP contribution is 2.48. The Morgan fingerprint density at radius 3 is 2.50 bits per heavy atom. The molecule has 1 aliphatic carbocycles. The van der Waals surface area contributed by atoms with E-state index in [9.17, 15) is 5.11 Å². The summed E-state index contributed by atoms with van der Waals surface area (Å²) in [6.07, 6.45) is 8.96. The van der Waals surface area contributed by atoms with Crippen LogP contribution in [0.3, 0.4) is 0 Å². The monoisotopic (exact) mass is 309 g/mol. The molecule has 1 spiro atoms. The molecule has 0 aromatic heterocycles. The maximum atomic E-state index is 10.8. The summed E-state index contributed by atoms with van der Waals surface area (Å²) in [6, 6.07) is 0. The Labute approximate surface area is 133 Å². The number of aliphatic imine (C=N–C) groups is 1. The standard InChI is InChI=1S/C17H31N3O2/c18-16(20-9-3-1-2-4-10-20)19-13-14-5-6-17(15(14)21)7-11-22-12-8-17/h14-15,21H,1-13H2,(H2,18,19). The molecule has 0 radical (unpaired) electrons. The molecule has 2 aliphatic heterocycles.